The van der Waals surface area contributed by atoms with Gasteiger partial charge in [0.25, 0.3) is 0 Å². The van der Waals surface area contributed by atoms with E-state index in [2.05, 4.69) is 38.1 Å². The fraction of sp³-hybridized carbons (Fsp3) is 0.545. The first-order valence-electron chi connectivity index (χ1n) is 19.2. The SMILES string of the molecule is CCCCC[C@H]1CC[C@H](c2ccc(C(=O)O)c(C[C@H](c3ccccc3)c3cc([C@H]4CC[C@H](CCCCC)CC4)ccc3C(=O)O)c2)CC1. The van der Waals surface area contributed by atoms with Crippen LogP contribution in [-0.4, -0.2) is 22.2 Å². The second-order valence-corrected chi connectivity index (χ2v) is 15.0. The third-order valence-corrected chi connectivity index (χ3v) is 11.7. The molecule has 2 N–H and O–H groups in total. The van der Waals surface area contributed by atoms with E-state index < -0.39 is 11.9 Å². The Balaban J connectivity index is 1.44. The number of carboxylic acid groups (broad SMARTS) is 2. The average molecular weight is 651 g/mol. The second-order valence-electron chi connectivity index (χ2n) is 15.0. The van der Waals surface area contributed by atoms with E-state index >= 15 is 0 Å². The predicted octanol–water partition coefficient (Wildman–Crippen LogP) is 12.2. The highest BCUT2D eigenvalue weighted by Gasteiger charge is 2.29. The Hall–Kier alpha value is -3.40. The highest BCUT2D eigenvalue weighted by Crippen LogP contribution is 2.42. The van der Waals surface area contributed by atoms with Crippen molar-refractivity contribution in [3.05, 3.63) is 106 Å². The van der Waals surface area contributed by atoms with Crippen LogP contribution in [0.1, 0.15) is 183 Å². The summed E-state index contributed by atoms with van der Waals surface area (Å²) in [6.07, 6.45) is 20.4. The topological polar surface area (TPSA) is 74.6 Å². The van der Waals surface area contributed by atoms with Gasteiger partial charge in [-0.2, -0.15) is 0 Å². The van der Waals surface area contributed by atoms with Crippen LogP contribution < -0.4 is 0 Å². The summed E-state index contributed by atoms with van der Waals surface area (Å²) in [6, 6.07) is 22.1. The Morgan fingerprint density at radius 2 is 1.12 bits per heavy atom. The van der Waals surface area contributed by atoms with Crippen molar-refractivity contribution in [2.45, 2.75) is 141 Å². The fourth-order valence-corrected chi connectivity index (χ4v) is 8.81. The van der Waals surface area contributed by atoms with Gasteiger partial charge in [-0.15, -0.1) is 0 Å². The van der Waals surface area contributed by atoms with Crippen molar-refractivity contribution in [2.24, 2.45) is 11.8 Å². The second kappa shape index (κ2) is 17.8. The number of rotatable bonds is 16. The third-order valence-electron chi connectivity index (χ3n) is 11.7. The molecule has 2 aliphatic rings. The van der Waals surface area contributed by atoms with E-state index in [1.54, 1.807) is 6.07 Å². The van der Waals surface area contributed by atoms with Gasteiger partial charge in [0.2, 0.25) is 0 Å². The maximum absolute atomic E-state index is 12.7. The molecule has 3 aromatic carbocycles. The standard InChI is InChI=1S/C44H58O4/c1-3-5-8-12-31-16-20-33(21-17-31)36-24-26-39(43(45)46)38(28-36)30-41(35-14-10-7-11-15-35)42-29-37(25-27-40(42)44(47)48)34-22-18-32(19-23-34)13-9-6-4-2/h7,10-11,14-15,24-29,31-34,41H,3-6,8-9,12-13,16-23,30H2,1-2H3,(H,45,46)(H,47,48)/t31-,32-,33-,34-,41-/m1/s1. The Kier molecular flexibility index (Phi) is 13.3. The lowest BCUT2D eigenvalue weighted by Gasteiger charge is -2.30. The number of carboxylic acids is 2. The average Bonchev–Trinajstić information content (AvgIpc) is 3.11. The van der Waals surface area contributed by atoms with E-state index in [4.69, 9.17) is 0 Å². The minimum Gasteiger partial charge on any atom is -0.478 e. The molecule has 3 aromatic rings. The van der Waals surface area contributed by atoms with Gasteiger partial charge in [0.1, 0.15) is 0 Å². The van der Waals surface area contributed by atoms with Crippen LogP contribution in [-0.2, 0) is 6.42 Å². The molecule has 2 saturated carbocycles. The number of carbonyl (C=O) groups is 2. The normalized spacial score (nSPS) is 21.9. The molecule has 0 aromatic heterocycles. The van der Waals surface area contributed by atoms with Gasteiger partial charge < -0.3 is 10.2 Å². The number of unbranched alkanes of at least 4 members (excludes halogenated alkanes) is 4. The summed E-state index contributed by atoms with van der Waals surface area (Å²) < 4.78 is 0. The monoisotopic (exact) mass is 650 g/mol. The minimum atomic E-state index is -0.931. The lowest BCUT2D eigenvalue weighted by molar-refractivity contribution is 0.0683. The van der Waals surface area contributed by atoms with E-state index in [1.165, 1.54) is 88.2 Å². The van der Waals surface area contributed by atoms with Crippen molar-refractivity contribution in [1.82, 2.24) is 0 Å². The summed E-state index contributed by atoms with van der Waals surface area (Å²) in [7, 11) is 0. The highest BCUT2D eigenvalue weighted by atomic mass is 16.4. The zero-order valence-electron chi connectivity index (χ0n) is 29.5. The van der Waals surface area contributed by atoms with Gasteiger partial charge in [0, 0.05) is 5.92 Å². The molecule has 1 atom stereocenters. The molecular formula is C44H58O4. The maximum Gasteiger partial charge on any atom is 0.335 e. The Morgan fingerprint density at radius 1 is 0.625 bits per heavy atom. The Morgan fingerprint density at radius 3 is 1.62 bits per heavy atom. The Bertz CT molecular complexity index is 1460. The molecule has 0 spiro atoms. The van der Waals surface area contributed by atoms with Crippen LogP contribution in [0.4, 0.5) is 0 Å². The van der Waals surface area contributed by atoms with Gasteiger partial charge in [-0.3, -0.25) is 0 Å². The molecule has 5 rings (SSSR count). The van der Waals surface area contributed by atoms with Crippen molar-refractivity contribution >= 4 is 11.9 Å². The molecule has 0 amide bonds. The molecule has 4 nitrogen and oxygen atoms in total. The number of aromatic carboxylic acids is 2. The van der Waals surface area contributed by atoms with E-state index in [1.807, 2.05) is 36.4 Å². The van der Waals surface area contributed by atoms with Crippen molar-refractivity contribution in [2.75, 3.05) is 0 Å². The maximum atomic E-state index is 12.7. The van der Waals surface area contributed by atoms with Crippen LogP contribution in [0.15, 0.2) is 66.7 Å². The molecule has 48 heavy (non-hydrogen) atoms. The first-order chi connectivity index (χ1) is 23.4. The molecule has 4 heteroatoms. The van der Waals surface area contributed by atoms with Crippen LogP contribution in [0.3, 0.4) is 0 Å². The summed E-state index contributed by atoms with van der Waals surface area (Å²) in [6.45, 7) is 4.52. The number of hydrogen-bond donors (Lipinski definition) is 2. The molecule has 0 bridgehead atoms. The lowest BCUT2D eigenvalue weighted by Crippen LogP contribution is -2.17. The van der Waals surface area contributed by atoms with Crippen molar-refractivity contribution in [1.29, 1.82) is 0 Å². The van der Waals surface area contributed by atoms with Gasteiger partial charge in [-0.05, 0) is 121 Å². The molecule has 0 aliphatic heterocycles. The van der Waals surface area contributed by atoms with Gasteiger partial charge in [0.05, 0.1) is 11.1 Å². The summed E-state index contributed by atoms with van der Waals surface area (Å²) in [5, 5.41) is 20.7. The molecule has 258 valence electrons. The molecule has 0 heterocycles. The van der Waals surface area contributed by atoms with Crippen molar-refractivity contribution < 1.29 is 19.8 Å². The number of hydrogen-bond acceptors (Lipinski definition) is 2. The molecule has 2 aliphatic carbocycles. The molecule has 0 unspecified atom stereocenters. The van der Waals surface area contributed by atoms with Crippen LogP contribution in [0.2, 0.25) is 0 Å². The molecule has 0 radical (unpaired) electrons. The summed E-state index contributed by atoms with van der Waals surface area (Å²) in [5.74, 6) is 0.363. The lowest BCUT2D eigenvalue weighted by atomic mass is 9.74. The van der Waals surface area contributed by atoms with E-state index in [0.29, 0.717) is 29.4 Å². The fourth-order valence-electron chi connectivity index (χ4n) is 8.81. The number of benzene rings is 3. The van der Waals surface area contributed by atoms with Gasteiger partial charge in [0.15, 0.2) is 0 Å². The van der Waals surface area contributed by atoms with Crippen LogP contribution >= 0.6 is 0 Å². The largest absolute Gasteiger partial charge is 0.478 e. The van der Waals surface area contributed by atoms with Gasteiger partial charge >= 0.3 is 11.9 Å². The van der Waals surface area contributed by atoms with E-state index in [-0.39, 0.29) is 5.92 Å². The van der Waals surface area contributed by atoms with Crippen LogP contribution in [0.25, 0.3) is 0 Å². The summed E-state index contributed by atoms with van der Waals surface area (Å²) in [4.78, 5) is 25.3. The first-order valence-corrected chi connectivity index (χ1v) is 19.2. The summed E-state index contributed by atoms with van der Waals surface area (Å²) >= 11 is 0. The van der Waals surface area contributed by atoms with Gasteiger partial charge in [-0.1, -0.05) is 120 Å². The van der Waals surface area contributed by atoms with Gasteiger partial charge in [-0.25, -0.2) is 9.59 Å². The molecule has 2 fully saturated rings. The first kappa shape index (κ1) is 35.9. The minimum absolute atomic E-state index is 0.273. The quantitative estimate of drug-likeness (QED) is 0.151. The third kappa shape index (κ3) is 9.39. The van der Waals surface area contributed by atoms with E-state index in [0.717, 1.165) is 54.2 Å². The van der Waals surface area contributed by atoms with Crippen molar-refractivity contribution in [3.8, 4) is 0 Å². The van der Waals surface area contributed by atoms with Crippen molar-refractivity contribution in [3.63, 3.8) is 0 Å². The highest BCUT2D eigenvalue weighted by molar-refractivity contribution is 5.91. The zero-order valence-corrected chi connectivity index (χ0v) is 29.5. The zero-order chi connectivity index (χ0) is 33.9. The van der Waals surface area contributed by atoms with E-state index in [9.17, 15) is 19.8 Å². The smallest absolute Gasteiger partial charge is 0.335 e. The Labute approximate surface area is 289 Å². The predicted molar refractivity (Wildman–Crippen MR) is 196 cm³/mol. The molecular weight excluding hydrogens is 592 g/mol. The summed E-state index contributed by atoms with van der Waals surface area (Å²) in [5.41, 5.74) is 5.71. The molecule has 0 saturated heterocycles. The van der Waals surface area contributed by atoms with Crippen LogP contribution in [0.5, 0.6) is 0 Å². The van der Waals surface area contributed by atoms with Crippen LogP contribution in [0, 0.1) is 11.8 Å².